The zero-order valence-corrected chi connectivity index (χ0v) is 16.6. The summed E-state index contributed by atoms with van der Waals surface area (Å²) < 4.78 is 5.49. The molecular weight excluding hydrogens is 384 g/mol. The fourth-order valence-corrected chi connectivity index (χ4v) is 4.44. The highest BCUT2D eigenvalue weighted by atomic mass is 32.1. The van der Waals surface area contributed by atoms with E-state index in [4.69, 9.17) is 17.0 Å². The Morgan fingerprint density at radius 1 is 1.30 bits per heavy atom. The summed E-state index contributed by atoms with van der Waals surface area (Å²) in [5, 5.41) is 19.8. The molecular formula is C18H22N4O3S2. The van der Waals surface area contributed by atoms with Gasteiger partial charge in [-0.15, -0.1) is 11.3 Å². The molecule has 1 aromatic carbocycles. The van der Waals surface area contributed by atoms with Gasteiger partial charge in [0.2, 0.25) is 0 Å². The third kappa shape index (κ3) is 5.23. The third-order valence-electron chi connectivity index (χ3n) is 4.44. The Balaban J connectivity index is 1.64. The topological polar surface area (TPSA) is 79.7 Å². The minimum absolute atomic E-state index is 0.0536. The molecule has 144 valence electrons. The maximum atomic E-state index is 10.8. The number of ether oxygens (including phenoxy) is 1. The van der Waals surface area contributed by atoms with Crippen LogP contribution in [0.25, 0.3) is 0 Å². The summed E-state index contributed by atoms with van der Waals surface area (Å²) in [5.41, 5.74) is 0.766. The number of nitrogens with one attached hydrogen (secondary N) is 2. The summed E-state index contributed by atoms with van der Waals surface area (Å²) in [5.74, 6) is 0. The van der Waals surface area contributed by atoms with Crippen LogP contribution in [0.1, 0.15) is 17.8 Å². The van der Waals surface area contributed by atoms with Gasteiger partial charge in [-0.05, 0) is 42.7 Å². The van der Waals surface area contributed by atoms with E-state index in [-0.39, 0.29) is 17.8 Å². The summed E-state index contributed by atoms with van der Waals surface area (Å²) in [4.78, 5) is 14.0. The van der Waals surface area contributed by atoms with Crippen molar-refractivity contribution < 1.29 is 9.66 Å². The average Bonchev–Trinajstić information content (AvgIpc) is 3.17. The lowest BCUT2D eigenvalue weighted by atomic mass is 10.1. The summed E-state index contributed by atoms with van der Waals surface area (Å²) in [6.07, 6.45) is 0. The van der Waals surface area contributed by atoms with Crippen molar-refractivity contribution >= 4 is 40.0 Å². The van der Waals surface area contributed by atoms with Crippen molar-refractivity contribution in [2.75, 3.05) is 31.6 Å². The standard InChI is InChI=1S/C18H22N4O3S2/c1-13(17(16-3-2-12-27-16)21-8-10-25-11-9-21)19-18(26)20-14-4-6-15(7-5-14)22(23)24/h2-7,12-13,17H,8-11H2,1H3,(H2,19,20,26)/t13-,17+/m0/s1. The van der Waals surface area contributed by atoms with Gasteiger partial charge < -0.3 is 15.4 Å². The quantitative estimate of drug-likeness (QED) is 0.432. The van der Waals surface area contributed by atoms with Gasteiger partial charge in [0.05, 0.1) is 24.2 Å². The Morgan fingerprint density at radius 3 is 2.59 bits per heavy atom. The maximum absolute atomic E-state index is 10.8. The van der Waals surface area contributed by atoms with Crippen LogP contribution in [-0.2, 0) is 4.74 Å². The van der Waals surface area contributed by atoms with Gasteiger partial charge in [-0.1, -0.05) is 6.07 Å². The first-order chi connectivity index (χ1) is 13.0. The van der Waals surface area contributed by atoms with E-state index in [0.29, 0.717) is 10.8 Å². The smallest absolute Gasteiger partial charge is 0.269 e. The zero-order valence-electron chi connectivity index (χ0n) is 15.0. The van der Waals surface area contributed by atoms with Crippen LogP contribution in [0.3, 0.4) is 0 Å². The molecule has 1 aliphatic heterocycles. The second-order valence-electron chi connectivity index (χ2n) is 6.30. The summed E-state index contributed by atoms with van der Waals surface area (Å²) >= 11 is 7.19. The van der Waals surface area contributed by atoms with Gasteiger partial charge in [-0.2, -0.15) is 0 Å². The lowest BCUT2D eigenvalue weighted by Crippen LogP contribution is -2.49. The predicted octanol–water partition coefficient (Wildman–Crippen LogP) is 3.40. The van der Waals surface area contributed by atoms with Crippen molar-refractivity contribution in [2.45, 2.75) is 19.0 Å². The number of anilines is 1. The molecule has 2 heterocycles. The van der Waals surface area contributed by atoms with Crippen molar-refractivity contribution in [1.29, 1.82) is 0 Å². The van der Waals surface area contributed by atoms with Crippen LogP contribution in [0, 0.1) is 10.1 Å². The van der Waals surface area contributed by atoms with Gasteiger partial charge in [0.25, 0.3) is 5.69 Å². The molecule has 7 nitrogen and oxygen atoms in total. The van der Waals surface area contributed by atoms with Crippen molar-refractivity contribution in [3.8, 4) is 0 Å². The van der Waals surface area contributed by atoms with E-state index in [0.717, 1.165) is 26.3 Å². The van der Waals surface area contributed by atoms with E-state index < -0.39 is 4.92 Å². The maximum Gasteiger partial charge on any atom is 0.269 e. The van der Waals surface area contributed by atoms with E-state index in [2.05, 4.69) is 40.0 Å². The number of morpholine rings is 1. The average molecular weight is 407 g/mol. The van der Waals surface area contributed by atoms with Crippen molar-refractivity contribution in [3.05, 3.63) is 56.8 Å². The van der Waals surface area contributed by atoms with E-state index in [1.165, 1.54) is 17.0 Å². The van der Waals surface area contributed by atoms with Crippen LogP contribution in [0.4, 0.5) is 11.4 Å². The molecule has 2 aromatic rings. The molecule has 0 spiro atoms. The molecule has 3 rings (SSSR count). The molecule has 0 amide bonds. The minimum atomic E-state index is -0.420. The Bertz CT molecular complexity index is 761. The number of benzene rings is 1. The number of hydrogen-bond donors (Lipinski definition) is 2. The van der Waals surface area contributed by atoms with E-state index in [1.807, 2.05) is 0 Å². The fraction of sp³-hybridized carbons (Fsp3) is 0.389. The number of rotatable bonds is 6. The van der Waals surface area contributed by atoms with E-state index in [1.54, 1.807) is 23.5 Å². The number of thiophene rings is 1. The molecule has 2 N–H and O–H groups in total. The fourth-order valence-electron chi connectivity index (χ4n) is 3.18. The third-order valence-corrected chi connectivity index (χ3v) is 5.60. The summed E-state index contributed by atoms with van der Waals surface area (Å²) in [6, 6.07) is 10.7. The molecule has 1 aliphatic rings. The highest BCUT2D eigenvalue weighted by Gasteiger charge is 2.28. The van der Waals surface area contributed by atoms with Crippen molar-refractivity contribution in [1.82, 2.24) is 10.2 Å². The van der Waals surface area contributed by atoms with Gasteiger partial charge in [0.1, 0.15) is 0 Å². The largest absolute Gasteiger partial charge is 0.379 e. The van der Waals surface area contributed by atoms with Crippen LogP contribution < -0.4 is 10.6 Å². The first-order valence-corrected chi connectivity index (χ1v) is 10.0. The van der Waals surface area contributed by atoms with Crippen LogP contribution in [0.5, 0.6) is 0 Å². The number of nitrogens with zero attached hydrogens (tertiary/aromatic N) is 2. The zero-order chi connectivity index (χ0) is 19.2. The molecule has 1 aromatic heterocycles. The minimum Gasteiger partial charge on any atom is -0.379 e. The van der Waals surface area contributed by atoms with Crippen molar-refractivity contribution in [3.63, 3.8) is 0 Å². The normalized spacial score (nSPS) is 17.1. The Kier molecular flexibility index (Phi) is 6.73. The number of nitro benzene ring substituents is 1. The Labute approximate surface area is 167 Å². The number of nitro groups is 1. The molecule has 0 bridgehead atoms. The molecule has 27 heavy (non-hydrogen) atoms. The summed E-state index contributed by atoms with van der Waals surface area (Å²) in [7, 11) is 0. The second-order valence-corrected chi connectivity index (χ2v) is 7.69. The first kappa shape index (κ1) is 19.7. The molecule has 1 fully saturated rings. The Hall–Kier alpha value is -2.07. The summed E-state index contributed by atoms with van der Waals surface area (Å²) in [6.45, 7) is 5.36. The first-order valence-electron chi connectivity index (χ1n) is 8.72. The Morgan fingerprint density at radius 2 is 2.00 bits per heavy atom. The number of non-ortho nitro benzene ring substituents is 1. The van der Waals surface area contributed by atoms with Gasteiger partial charge in [-0.3, -0.25) is 15.0 Å². The predicted molar refractivity (Wildman–Crippen MR) is 111 cm³/mol. The van der Waals surface area contributed by atoms with Gasteiger partial charge >= 0.3 is 0 Å². The number of thiocarbonyl (C=S) groups is 1. The molecule has 0 saturated carbocycles. The number of hydrogen-bond acceptors (Lipinski definition) is 6. The van der Waals surface area contributed by atoms with Crippen LogP contribution in [0.15, 0.2) is 41.8 Å². The van der Waals surface area contributed by atoms with Crippen LogP contribution >= 0.6 is 23.6 Å². The van der Waals surface area contributed by atoms with E-state index in [9.17, 15) is 10.1 Å². The molecule has 0 unspecified atom stereocenters. The van der Waals surface area contributed by atoms with Crippen molar-refractivity contribution in [2.24, 2.45) is 0 Å². The molecule has 1 saturated heterocycles. The lowest BCUT2D eigenvalue weighted by molar-refractivity contribution is -0.384. The molecule has 2 atom stereocenters. The van der Waals surface area contributed by atoms with Gasteiger partial charge in [-0.25, -0.2) is 0 Å². The highest BCUT2D eigenvalue weighted by molar-refractivity contribution is 7.80. The van der Waals surface area contributed by atoms with Gasteiger partial charge in [0.15, 0.2) is 5.11 Å². The monoisotopic (exact) mass is 406 g/mol. The highest BCUT2D eigenvalue weighted by Crippen LogP contribution is 2.29. The van der Waals surface area contributed by atoms with E-state index >= 15 is 0 Å². The SMILES string of the molecule is C[C@H](NC(=S)Nc1ccc([N+](=O)[O-])cc1)[C@H](c1cccs1)N1CCOCC1. The molecule has 0 radical (unpaired) electrons. The van der Waals surface area contributed by atoms with Crippen LogP contribution in [-0.4, -0.2) is 47.3 Å². The van der Waals surface area contributed by atoms with Crippen LogP contribution in [0.2, 0.25) is 0 Å². The second kappa shape index (κ2) is 9.23. The molecule has 9 heteroatoms. The molecule has 0 aliphatic carbocycles. The lowest BCUT2D eigenvalue weighted by Gasteiger charge is -2.38. The van der Waals surface area contributed by atoms with Gasteiger partial charge in [0, 0.05) is 41.8 Å².